The Bertz CT molecular complexity index is 297. The zero-order valence-corrected chi connectivity index (χ0v) is 8.79. The first-order chi connectivity index (χ1) is 6.63. The second kappa shape index (κ2) is 4.86. The summed E-state index contributed by atoms with van der Waals surface area (Å²) in [5.74, 6) is 0.846. The molecule has 0 radical (unpaired) electrons. The van der Waals surface area contributed by atoms with Crippen molar-refractivity contribution in [1.29, 1.82) is 0 Å². The highest BCUT2D eigenvalue weighted by Gasteiger charge is 2.02. The summed E-state index contributed by atoms with van der Waals surface area (Å²) < 4.78 is 5.13. The van der Waals surface area contributed by atoms with Gasteiger partial charge in [0, 0.05) is 11.7 Å². The number of rotatable bonds is 4. The van der Waals surface area contributed by atoms with Crippen molar-refractivity contribution in [3.8, 4) is 5.75 Å². The first-order valence-corrected chi connectivity index (χ1v) is 4.81. The summed E-state index contributed by atoms with van der Waals surface area (Å²) in [4.78, 5) is 0. The molecule has 78 valence electrons. The van der Waals surface area contributed by atoms with Crippen LogP contribution in [0.3, 0.4) is 0 Å². The molecule has 3 heteroatoms. The van der Waals surface area contributed by atoms with Crippen LogP contribution in [0.15, 0.2) is 18.2 Å². The summed E-state index contributed by atoms with van der Waals surface area (Å²) in [5, 5.41) is 0. The number of nitrogens with two attached hydrogens (primary N) is 2. The molecule has 1 unspecified atom stereocenters. The Morgan fingerprint density at radius 2 is 2.14 bits per heavy atom. The maximum atomic E-state index is 5.83. The molecular weight excluding hydrogens is 176 g/mol. The van der Waals surface area contributed by atoms with Gasteiger partial charge in [0.1, 0.15) is 5.75 Å². The summed E-state index contributed by atoms with van der Waals surface area (Å²) >= 11 is 0. The van der Waals surface area contributed by atoms with Crippen molar-refractivity contribution >= 4 is 5.69 Å². The summed E-state index contributed by atoms with van der Waals surface area (Å²) in [7, 11) is 1.65. The fraction of sp³-hybridized carbons (Fsp3) is 0.455. The van der Waals surface area contributed by atoms with E-state index < -0.39 is 0 Å². The minimum absolute atomic E-state index is 0.209. The third kappa shape index (κ3) is 2.92. The summed E-state index contributed by atoms with van der Waals surface area (Å²) in [6.45, 7) is 2.00. The predicted molar refractivity (Wildman–Crippen MR) is 59.4 cm³/mol. The Labute approximate surface area is 85.0 Å². The van der Waals surface area contributed by atoms with Gasteiger partial charge in [0.15, 0.2) is 0 Å². The van der Waals surface area contributed by atoms with Crippen LogP contribution in [-0.2, 0) is 6.42 Å². The maximum absolute atomic E-state index is 5.83. The van der Waals surface area contributed by atoms with E-state index in [-0.39, 0.29) is 6.04 Å². The molecule has 1 atom stereocenters. The summed E-state index contributed by atoms with van der Waals surface area (Å²) in [5.41, 5.74) is 13.4. The topological polar surface area (TPSA) is 61.3 Å². The largest absolute Gasteiger partial charge is 0.497 e. The van der Waals surface area contributed by atoms with E-state index >= 15 is 0 Å². The van der Waals surface area contributed by atoms with Crippen molar-refractivity contribution < 1.29 is 4.74 Å². The molecule has 4 N–H and O–H groups in total. The number of hydrogen-bond acceptors (Lipinski definition) is 3. The van der Waals surface area contributed by atoms with Gasteiger partial charge in [0.2, 0.25) is 0 Å². The van der Waals surface area contributed by atoms with Gasteiger partial charge in [-0.2, -0.15) is 0 Å². The number of benzene rings is 1. The average Bonchev–Trinajstić information content (AvgIpc) is 2.16. The smallest absolute Gasteiger partial charge is 0.119 e. The van der Waals surface area contributed by atoms with Gasteiger partial charge in [-0.05, 0) is 43.5 Å². The predicted octanol–water partition coefficient (Wildman–Crippen LogP) is 1.56. The van der Waals surface area contributed by atoms with Gasteiger partial charge in [0.05, 0.1) is 7.11 Å². The minimum atomic E-state index is 0.209. The molecule has 3 nitrogen and oxygen atoms in total. The quantitative estimate of drug-likeness (QED) is 0.715. The standard InChI is InChI=1S/C11H18N2O/c1-8(12)3-4-9-7-10(14-2)5-6-11(9)13/h5-8H,3-4,12-13H2,1-2H3. The molecule has 0 bridgehead atoms. The molecule has 1 rings (SSSR count). The normalized spacial score (nSPS) is 12.5. The van der Waals surface area contributed by atoms with Crippen LogP contribution in [0.2, 0.25) is 0 Å². The van der Waals surface area contributed by atoms with E-state index in [4.69, 9.17) is 16.2 Å². The second-order valence-corrected chi connectivity index (χ2v) is 3.58. The molecule has 0 aliphatic carbocycles. The monoisotopic (exact) mass is 194 g/mol. The van der Waals surface area contributed by atoms with Crippen molar-refractivity contribution in [3.63, 3.8) is 0 Å². The van der Waals surface area contributed by atoms with Crippen molar-refractivity contribution in [2.45, 2.75) is 25.8 Å². The Kier molecular flexibility index (Phi) is 3.77. The molecular formula is C11H18N2O. The highest BCUT2D eigenvalue weighted by atomic mass is 16.5. The van der Waals surface area contributed by atoms with Crippen LogP contribution in [0.1, 0.15) is 18.9 Å². The third-order valence-corrected chi connectivity index (χ3v) is 2.22. The second-order valence-electron chi connectivity index (χ2n) is 3.58. The lowest BCUT2D eigenvalue weighted by molar-refractivity contribution is 0.414. The number of anilines is 1. The van der Waals surface area contributed by atoms with Crippen LogP contribution < -0.4 is 16.2 Å². The molecule has 0 spiro atoms. The fourth-order valence-corrected chi connectivity index (χ4v) is 1.31. The van der Waals surface area contributed by atoms with Crippen LogP contribution in [-0.4, -0.2) is 13.2 Å². The molecule has 0 heterocycles. The molecule has 1 aromatic carbocycles. The van der Waals surface area contributed by atoms with Gasteiger partial charge < -0.3 is 16.2 Å². The molecule has 0 fully saturated rings. The van der Waals surface area contributed by atoms with E-state index in [1.807, 2.05) is 25.1 Å². The van der Waals surface area contributed by atoms with Gasteiger partial charge in [0.25, 0.3) is 0 Å². The number of aryl methyl sites for hydroxylation is 1. The Morgan fingerprint density at radius 3 is 2.71 bits per heavy atom. The van der Waals surface area contributed by atoms with Crippen molar-refractivity contribution in [3.05, 3.63) is 23.8 Å². The van der Waals surface area contributed by atoms with Crippen molar-refractivity contribution in [2.75, 3.05) is 12.8 Å². The van der Waals surface area contributed by atoms with E-state index in [9.17, 15) is 0 Å². The Balaban J connectivity index is 2.73. The molecule has 0 amide bonds. The zero-order chi connectivity index (χ0) is 10.6. The van der Waals surface area contributed by atoms with Crippen LogP contribution in [0.5, 0.6) is 5.75 Å². The van der Waals surface area contributed by atoms with E-state index in [0.29, 0.717) is 0 Å². The summed E-state index contributed by atoms with van der Waals surface area (Å²) in [6.07, 6.45) is 1.85. The summed E-state index contributed by atoms with van der Waals surface area (Å²) in [6, 6.07) is 5.92. The highest BCUT2D eigenvalue weighted by molar-refractivity contribution is 5.50. The fourth-order valence-electron chi connectivity index (χ4n) is 1.31. The van der Waals surface area contributed by atoms with Crippen molar-refractivity contribution in [2.24, 2.45) is 5.73 Å². The van der Waals surface area contributed by atoms with Gasteiger partial charge >= 0.3 is 0 Å². The van der Waals surface area contributed by atoms with Crippen LogP contribution in [0.25, 0.3) is 0 Å². The average molecular weight is 194 g/mol. The van der Waals surface area contributed by atoms with Gasteiger partial charge in [-0.1, -0.05) is 0 Å². The molecule has 0 saturated carbocycles. The highest BCUT2D eigenvalue weighted by Crippen LogP contribution is 2.20. The molecule has 0 aliphatic heterocycles. The molecule has 14 heavy (non-hydrogen) atoms. The lowest BCUT2D eigenvalue weighted by Gasteiger charge is -2.09. The van der Waals surface area contributed by atoms with E-state index in [0.717, 1.165) is 29.8 Å². The first kappa shape index (κ1) is 10.9. The molecule has 0 saturated heterocycles. The van der Waals surface area contributed by atoms with Crippen LogP contribution in [0, 0.1) is 0 Å². The minimum Gasteiger partial charge on any atom is -0.497 e. The molecule has 0 aliphatic rings. The van der Waals surface area contributed by atoms with E-state index in [1.54, 1.807) is 7.11 Å². The Morgan fingerprint density at radius 1 is 1.43 bits per heavy atom. The van der Waals surface area contributed by atoms with E-state index in [2.05, 4.69) is 0 Å². The number of ether oxygens (including phenoxy) is 1. The number of hydrogen-bond donors (Lipinski definition) is 2. The van der Waals surface area contributed by atoms with E-state index in [1.165, 1.54) is 0 Å². The zero-order valence-electron chi connectivity index (χ0n) is 8.79. The molecule has 1 aromatic rings. The molecule has 0 aromatic heterocycles. The van der Waals surface area contributed by atoms with Gasteiger partial charge in [-0.15, -0.1) is 0 Å². The van der Waals surface area contributed by atoms with Crippen LogP contribution >= 0.6 is 0 Å². The third-order valence-electron chi connectivity index (χ3n) is 2.22. The van der Waals surface area contributed by atoms with Gasteiger partial charge in [-0.25, -0.2) is 0 Å². The van der Waals surface area contributed by atoms with Crippen molar-refractivity contribution in [1.82, 2.24) is 0 Å². The lowest BCUT2D eigenvalue weighted by Crippen LogP contribution is -2.15. The Hall–Kier alpha value is -1.22. The first-order valence-electron chi connectivity index (χ1n) is 4.81. The number of methoxy groups -OCH3 is 1. The lowest BCUT2D eigenvalue weighted by atomic mass is 10.0. The van der Waals surface area contributed by atoms with Crippen LogP contribution in [0.4, 0.5) is 5.69 Å². The van der Waals surface area contributed by atoms with Gasteiger partial charge in [-0.3, -0.25) is 0 Å². The SMILES string of the molecule is COc1ccc(N)c(CCC(C)N)c1. The number of nitrogen functional groups attached to an aromatic ring is 1. The maximum Gasteiger partial charge on any atom is 0.119 e.